The molecule has 0 spiro atoms. The molecule has 4 fully saturated rings. The third-order valence-electron chi connectivity index (χ3n) is 14.3. The molecule has 4 bridgehead atoms. The Morgan fingerprint density at radius 2 is 1.80 bits per heavy atom. The third-order valence-corrected chi connectivity index (χ3v) is 14.3. The van der Waals surface area contributed by atoms with Crippen LogP contribution in [0.2, 0.25) is 0 Å². The lowest BCUT2D eigenvalue weighted by atomic mass is 9.72. The van der Waals surface area contributed by atoms with Crippen molar-refractivity contribution in [3.05, 3.63) is 48.0 Å². The number of rotatable bonds is 9. The summed E-state index contributed by atoms with van der Waals surface area (Å²) in [7, 11) is 3.85. The molecule has 16 nitrogen and oxygen atoms in total. The number of ether oxygens (including phenoxy) is 6. The Balaban J connectivity index is 1.23. The number of benzene rings is 2. The molecule has 16 heteroatoms. The number of nitrogens with zero attached hydrogens (tertiary/aromatic N) is 4. The van der Waals surface area contributed by atoms with E-state index in [9.17, 15) is 19.5 Å². The van der Waals surface area contributed by atoms with Crippen LogP contribution in [-0.4, -0.2) is 151 Å². The fraction of sp³-hybridized carbons (Fsp3) is 0.688. The van der Waals surface area contributed by atoms with Crippen LogP contribution in [0.5, 0.6) is 0 Å². The quantitative estimate of drug-likeness (QED) is 0.251. The Labute approximate surface area is 377 Å². The van der Waals surface area contributed by atoms with Gasteiger partial charge in [-0.1, -0.05) is 75.3 Å². The van der Waals surface area contributed by atoms with Crippen molar-refractivity contribution in [2.75, 3.05) is 47.0 Å². The predicted octanol–water partition coefficient (Wildman–Crippen LogP) is 5.12. The largest absolute Gasteiger partial charge is 0.458 e. The number of carbonyl (C=O) groups excluding carboxylic acids is 3. The van der Waals surface area contributed by atoms with E-state index in [-0.39, 0.29) is 49.7 Å². The van der Waals surface area contributed by atoms with E-state index in [0.29, 0.717) is 44.6 Å². The van der Waals surface area contributed by atoms with Crippen LogP contribution in [-0.2, 0) is 49.4 Å². The second kappa shape index (κ2) is 19.7. The van der Waals surface area contributed by atoms with Crippen LogP contribution in [0.25, 0.3) is 10.8 Å². The Bertz CT molecular complexity index is 2060. The van der Waals surface area contributed by atoms with Crippen LogP contribution in [0.1, 0.15) is 80.2 Å². The molecule has 2 N–H and O–H groups in total. The van der Waals surface area contributed by atoms with Gasteiger partial charge in [-0.15, -0.1) is 0 Å². The molecule has 352 valence electrons. The summed E-state index contributed by atoms with van der Waals surface area (Å²) in [5, 5.41) is 21.3. The molecule has 2 amide bonds. The number of oxime groups is 1. The molecular weight excluding hydrogens is 823 g/mol. The fourth-order valence-electron chi connectivity index (χ4n) is 11.1. The summed E-state index contributed by atoms with van der Waals surface area (Å²) < 4.78 is 39.8. The number of aliphatic hydroxyl groups is 1. The van der Waals surface area contributed by atoms with Gasteiger partial charge in [0.1, 0.15) is 17.9 Å². The highest BCUT2D eigenvalue weighted by atomic mass is 16.7. The SMILES string of the molecule is CC[C@H]1OC(=O)[C@H](C)[C@H]2OC/C(=N\OCC(=O)NCc3cccc4ccccc34)CO[C@](C)(C[C@@H](C)C3=NCCN4C(=O)O[C@@]1(C)[C@H]4[C@H]3C)[C@H](O[C@H]1O[C@@H](C)C[C@@H](N(C)C)[C@@H]1O)[C@H]2C. The van der Waals surface area contributed by atoms with E-state index >= 15 is 0 Å². The number of nitrogens with one attached hydrogen (secondary N) is 1. The van der Waals surface area contributed by atoms with Gasteiger partial charge in [-0.2, -0.15) is 0 Å². The normalized spacial score (nSPS) is 38.0. The number of carbonyl (C=O) groups is 3. The minimum absolute atomic E-state index is 0.0689. The van der Waals surface area contributed by atoms with Gasteiger partial charge in [-0.05, 0) is 83.3 Å². The zero-order chi connectivity index (χ0) is 46.1. The molecule has 0 unspecified atom stereocenters. The molecule has 5 aliphatic rings. The van der Waals surface area contributed by atoms with Gasteiger partial charge in [-0.3, -0.25) is 19.5 Å². The van der Waals surface area contributed by atoms with E-state index in [2.05, 4.69) is 24.3 Å². The molecule has 2 aromatic carbocycles. The first-order valence-electron chi connectivity index (χ1n) is 23.0. The highest BCUT2D eigenvalue weighted by Gasteiger charge is 2.60. The van der Waals surface area contributed by atoms with Crippen molar-refractivity contribution in [1.82, 2.24) is 15.1 Å². The van der Waals surface area contributed by atoms with E-state index in [4.69, 9.17) is 38.3 Å². The van der Waals surface area contributed by atoms with Crippen molar-refractivity contribution in [2.45, 2.75) is 141 Å². The maximum Gasteiger partial charge on any atom is 0.410 e. The highest BCUT2D eigenvalue weighted by Crippen LogP contribution is 2.45. The standard InChI is InChI=1S/C48H69N5O11/c1-11-37-48(8)42-29(4)39(49-19-20-53(42)46(57)64-48)27(2)22-47(7)43(63-45-40(55)36(52(9)10)21-28(3)61-45)30(5)41(31(6)44(56)62-37)58-24-34(25-59-47)51-60-26-38(54)50-23-33-17-14-16-32-15-12-13-18-35(32)33/h12-18,27-31,36-37,40-43,45,55H,11,19-26H2,1-10H3,(H,50,54)/b51-34+/t27-,28+,29+,30+,31-,36-,37-,40+,41+,42-,43-,45-,47-,48-/m1/s1. The first-order valence-corrected chi connectivity index (χ1v) is 23.0. The molecule has 5 heterocycles. The van der Waals surface area contributed by atoms with Gasteiger partial charge in [0.25, 0.3) is 5.91 Å². The van der Waals surface area contributed by atoms with Gasteiger partial charge in [0.15, 0.2) is 18.5 Å². The van der Waals surface area contributed by atoms with Gasteiger partial charge in [-0.25, -0.2) is 4.79 Å². The van der Waals surface area contributed by atoms with Gasteiger partial charge in [0.05, 0.1) is 55.6 Å². The Morgan fingerprint density at radius 3 is 2.55 bits per heavy atom. The number of hydrogen-bond donors (Lipinski definition) is 2. The average Bonchev–Trinajstić information content (AvgIpc) is 3.40. The molecule has 2 aromatic rings. The van der Waals surface area contributed by atoms with Crippen LogP contribution >= 0.6 is 0 Å². The lowest BCUT2D eigenvalue weighted by molar-refractivity contribution is -0.302. The van der Waals surface area contributed by atoms with Crippen molar-refractivity contribution in [2.24, 2.45) is 33.8 Å². The average molecular weight is 892 g/mol. The van der Waals surface area contributed by atoms with Crippen molar-refractivity contribution >= 4 is 40.2 Å². The summed E-state index contributed by atoms with van der Waals surface area (Å²) in [5.41, 5.74) is -0.0989. The number of cyclic esters (lactones) is 1. The first-order chi connectivity index (χ1) is 30.4. The van der Waals surface area contributed by atoms with E-state index in [1.807, 2.05) is 96.1 Å². The van der Waals surface area contributed by atoms with Gasteiger partial charge in [0, 0.05) is 36.7 Å². The molecule has 0 saturated carbocycles. The number of esters is 1. The monoisotopic (exact) mass is 891 g/mol. The van der Waals surface area contributed by atoms with Crippen LogP contribution in [0.15, 0.2) is 52.6 Å². The Kier molecular flexibility index (Phi) is 14.7. The number of hydrogen-bond acceptors (Lipinski definition) is 14. The minimum atomic E-state index is -1.16. The van der Waals surface area contributed by atoms with E-state index in [1.165, 1.54) is 0 Å². The number of likely N-dealkylation sites (N-methyl/N-ethyl adjacent to an activating group) is 1. The summed E-state index contributed by atoms with van der Waals surface area (Å²) in [4.78, 5) is 55.8. The van der Waals surface area contributed by atoms with Crippen LogP contribution in [0.3, 0.4) is 0 Å². The number of aliphatic hydroxyl groups excluding tert-OH is 1. The molecule has 64 heavy (non-hydrogen) atoms. The smallest absolute Gasteiger partial charge is 0.410 e. The van der Waals surface area contributed by atoms with E-state index < -0.39 is 71.8 Å². The summed E-state index contributed by atoms with van der Waals surface area (Å²) >= 11 is 0. The molecule has 14 atom stereocenters. The van der Waals surface area contributed by atoms with Gasteiger partial charge < -0.3 is 48.6 Å². The number of amides is 2. The lowest BCUT2D eigenvalue weighted by Gasteiger charge is -2.48. The zero-order valence-electron chi connectivity index (χ0n) is 39.2. The molecular formula is C48H69N5O11. The lowest BCUT2D eigenvalue weighted by Crippen LogP contribution is -2.60. The van der Waals surface area contributed by atoms with Crippen molar-refractivity contribution < 1.29 is 52.7 Å². The summed E-state index contributed by atoms with van der Waals surface area (Å²) in [6.45, 7) is 16.1. The third kappa shape index (κ3) is 9.68. The summed E-state index contributed by atoms with van der Waals surface area (Å²) in [6, 6.07) is 13.3. The topological polar surface area (TPSA) is 179 Å². The summed E-state index contributed by atoms with van der Waals surface area (Å²) in [5.74, 6) is -2.82. The van der Waals surface area contributed by atoms with Crippen LogP contribution < -0.4 is 5.32 Å². The second-order valence-electron chi connectivity index (χ2n) is 19.2. The maximum atomic E-state index is 14.6. The Morgan fingerprint density at radius 1 is 1.05 bits per heavy atom. The second-order valence-corrected chi connectivity index (χ2v) is 19.2. The molecule has 5 aliphatic heterocycles. The molecule has 0 aromatic heterocycles. The predicted molar refractivity (Wildman–Crippen MR) is 240 cm³/mol. The van der Waals surface area contributed by atoms with Crippen LogP contribution in [0, 0.1) is 23.7 Å². The molecule has 4 saturated heterocycles. The first kappa shape index (κ1) is 47.8. The summed E-state index contributed by atoms with van der Waals surface area (Å²) in [6.07, 6.45) is -3.78. The van der Waals surface area contributed by atoms with Crippen molar-refractivity contribution in [3.8, 4) is 0 Å². The van der Waals surface area contributed by atoms with Crippen LogP contribution in [0.4, 0.5) is 4.79 Å². The molecule has 0 aliphatic carbocycles. The maximum absolute atomic E-state index is 14.6. The van der Waals surface area contributed by atoms with Gasteiger partial charge >= 0.3 is 12.1 Å². The van der Waals surface area contributed by atoms with E-state index in [1.54, 1.807) is 11.8 Å². The fourth-order valence-corrected chi connectivity index (χ4v) is 11.1. The van der Waals surface area contributed by atoms with Gasteiger partial charge in [0.2, 0.25) is 0 Å². The molecule has 7 rings (SSSR count). The molecule has 0 radical (unpaired) electrons. The minimum Gasteiger partial charge on any atom is -0.458 e. The number of aliphatic imine (C=N–C) groups is 1. The van der Waals surface area contributed by atoms with E-state index in [0.717, 1.165) is 22.0 Å². The van der Waals surface area contributed by atoms with Crippen molar-refractivity contribution in [1.29, 1.82) is 0 Å². The zero-order valence-corrected chi connectivity index (χ0v) is 39.2. The Hall–Kier alpha value is -4.19. The number of fused-ring (bicyclic) bond motifs is 5. The highest BCUT2D eigenvalue weighted by molar-refractivity contribution is 5.91. The van der Waals surface area contributed by atoms with Crippen molar-refractivity contribution in [3.63, 3.8) is 0 Å².